The van der Waals surface area contributed by atoms with Gasteiger partial charge in [-0.1, -0.05) is 0 Å². The van der Waals surface area contributed by atoms with Crippen molar-refractivity contribution in [3.05, 3.63) is 29.8 Å². The molecule has 2 atom stereocenters. The Balaban J connectivity index is 1.46. The number of Topliss-reactive ketones (excluding diaryl/α,β-unsaturated/α-hetero) is 1. The minimum atomic E-state index is -0.858. The lowest BCUT2D eigenvalue weighted by atomic mass is 9.74. The van der Waals surface area contributed by atoms with E-state index >= 15 is 0 Å². The molecule has 0 unspecified atom stereocenters. The lowest BCUT2D eigenvalue weighted by Gasteiger charge is -2.33. The number of rotatable bonds is 7. The zero-order chi connectivity index (χ0) is 19.4. The molecular formula is C20H25NO6. The summed E-state index contributed by atoms with van der Waals surface area (Å²) < 4.78 is 11.0. The number of carboxylic acid groups (broad SMARTS) is 1. The van der Waals surface area contributed by atoms with Crippen LogP contribution >= 0.6 is 0 Å². The molecule has 3 rings (SSSR count). The normalized spacial score (nSPS) is 24.3. The molecule has 0 bridgehead atoms. The smallest absolute Gasteiger partial charge is 0.311 e. The molecule has 2 aliphatic heterocycles. The number of likely N-dealkylation sites (tertiary alicyclic amines) is 1. The summed E-state index contributed by atoms with van der Waals surface area (Å²) in [5.41, 5.74) is -0.229. The first kappa shape index (κ1) is 19.4. The molecule has 0 radical (unpaired) electrons. The van der Waals surface area contributed by atoms with Crippen LogP contribution in [0.5, 0.6) is 5.75 Å². The zero-order valence-corrected chi connectivity index (χ0v) is 15.5. The first-order valence-electron chi connectivity index (χ1n) is 9.25. The minimum absolute atomic E-state index is 0.00265. The van der Waals surface area contributed by atoms with Crippen molar-refractivity contribution in [3.63, 3.8) is 0 Å². The highest BCUT2D eigenvalue weighted by atomic mass is 16.5. The Hall–Kier alpha value is -2.41. The Morgan fingerprint density at radius 1 is 1.30 bits per heavy atom. The third kappa shape index (κ3) is 4.13. The summed E-state index contributed by atoms with van der Waals surface area (Å²) in [4.78, 5) is 37.2. The molecule has 2 saturated heterocycles. The molecule has 2 fully saturated rings. The predicted octanol–water partition coefficient (Wildman–Crippen LogP) is 2.00. The molecular weight excluding hydrogens is 350 g/mol. The van der Waals surface area contributed by atoms with E-state index in [1.807, 2.05) is 0 Å². The van der Waals surface area contributed by atoms with E-state index in [2.05, 4.69) is 0 Å². The Bertz CT molecular complexity index is 716. The van der Waals surface area contributed by atoms with Crippen LogP contribution in [0.3, 0.4) is 0 Å². The maximum atomic E-state index is 12.5. The molecule has 0 spiro atoms. The molecule has 1 N–H and O–H groups in total. The fraction of sp³-hybridized carbons (Fsp3) is 0.550. The number of benzene rings is 1. The van der Waals surface area contributed by atoms with Crippen LogP contribution in [0.1, 0.15) is 36.5 Å². The van der Waals surface area contributed by atoms with Crippen LogP contribution in [0.25, 0.3) is 0 Å². The number of nitrogens with zero attached hydrogens (tertiary/aromatic N) is 1. The number of aliphatic carboxylic acids is 1. The van der Waals surface area contributed by atoms with Crippen molar-refractivity contribution in [1.82, 2.24) is 4.90 Å². The van der Waals surface area contributed by atoms with E-state index in [1.54, 1.807) is 29.2 Å². The summed E-state index contributed by atoms with van der Waals surface area (Å²) in [6, 6.07) is 6.89. The highest BCUT2D eigenvalue weighted by Gasteiger charge is 2.54. The number of amides is 1. The van der Waals surface area contributed by atoms with E-state index in [4.69, 9.17) is 9.47 Å². The lowest BCUT2D eigenvalue weighted by Crippen LogP contribution is -2.45. The van der Waals surface area contributed by atoms with Crippen LogP contribution in [0, 0.1) is 11.3 Å². The Labute approximate surface area is 158 Å². The Morgan fingerprint density at radius 2 is 2.04 bits per heavy atom. The Kier molecular flexibility index (Phi) is 5.79. The summed E-state index contributed by atoms with van der Waals surface area (Å²) in [5, 5.41) is 9.66. The van der Waals surface area contributed by atoms with Crippen LogP contribution in [-0.4, -0.2) is 60.6 Å². The predicted molar refractivity (Wildman–Crippen MR) is 96.8 cm³/mol. The molecule has 146 valence electrons. The monoisotopic (exact) mass is 375 g/mol. The number of ketones is 1. The van der Waals surface area contributed by atoms with Gasteiger partial charge in [-0.25, -0.2) is 0 Å². The molecule has 0 aromatic heterocycles. The van der Waals surface area contributed by atoms with Gasteiger partial charge in [0.2, 0.25) is 5.91 Å². The van der Waals surface area contributed by atoms with Crippen molar-refractivity contribution < 1.29 is 29.0 Å². The molecule has 1 aromatic carbocycles. The van der Waals surface area contributed by atoms with Crippen molar-refractivity contribution in [3.8, 4) is 5.75 Å². The topological polar surface area (TPSA) is 93.1 Å². The van der Waals surface area contributed by atoms with Crippen LogP contribution in [-0.2, 0) is 14.3 Å². The van der Waals surface area contributed by atoms with E-state index in [0.717, 1.165) is 0 Å². The second kappa shape index (κ2) is 8.08. The van der Waals surface area contributed by atoms with Gasteiger partial charge in [-0.05, 0) is 44.0 Å². The molecule has 7 nitrogen and oxygen atoms in total. The molecule has 7 heteroatoms. The average Bonchev–Trinajstić information content (AvgIpc) is 3.07. The number of hydrogen-bond acceptors (Lipinski definition) is 5. The van der Waals surface area contributed by atoms with Gasteiger partial charge in [0.25, 0.3) is 0 Å². The van der Waals surface area contributed by atoms with Crippen LogP contribution in [0.15, 0.2) is 24.3 Å². The molecule has 2 heterocycles. The third-order valence-electron chi connectivity index (χ3n) is 5.55. The number of hydrogen-bond donors (Lipinski definition) is 1. The Morgan fingerprint density at radius 3 is 2.67 bits per heavy atom. The maximum Gasteiger partial charge on any atom is 0.311 e. The van der Waals surface area contributed by atoms with E-state index in [1.165, 1.54) is 6.92 Å². The number of ether oxygens (including phenoxy) is 2. The molecule has 2 aliphatic rings. The summed E-state index contributed by atoms with van der Waals surface area (Å²) in [7, 11) is 0. The summed E-state index contributed by atoms with van der Waals surface area (Å²) in [6.45, 7) is 3.43. The first-order valence-corrected chi connectivity index (χ1v) is 9.25. The molecule has 0 saturated carbocycles. The van der Waals surface area contributed by atoms with Gasteiger partial charge in [-0.15, -0.1) is 0 Å². The highest BCUT2D eigenvalue weighted by Crippen LogP contribution is 2.42. The zero-order valence-electron chi connectivity index (χ0n) is 15.5. The van der Waals surface area contributed by atoms with Gasteiger partial charge in [-0.3, -0.25) is 14.4 Å². The fourth-order valence-corrected chi connectivity index (χ4v) is 3.85. The van der Waals surface area contributed by atoms with Gasteiger partial charge in [0.05, 0.1) is 18.6 Å². The quantitative estimate of drug-likeness (QED) is 0.579. The standard InChI is InChI=1S/C20H25NO6/c1-14(22)15-4-6-17(7-5-15)27-9-2-3-18(23)21-11-16-12-26-10-8-20(16,13-21)19(24)25/h4-7,16H,2-3,8-13H2,1H3,(H,24,25)/t16-,20+/m0/s1. The lowest BCUT2D eigenvalue weighted by molar-refractivity contribution is -0.157. The van der Waals surface area contributed by atoms with E-state index in [-0.39, 0.29) is 24.2 Å². The van der Waals surface area contributed by atoms with Crippen molar-refractivity contribution in [2.24, 2.45) is 11.3 Å². The summed E-state index contributed by atoms with van der Waals surface area (Å²) in [6.07, 6.45) is 1.32. The highest BCUT2D eigenvalue weighted by molar-refractivity contribution is 5.94. The van der Waals surface area contributed by atoms with Crippen molar-refractivity contribution >= 4 is 17.7 Å². The average molecular weight is 375 g/mol. The number of carbonyl (C=O) groups excluding carboxylic acids is 2. The van der Waals surface area contributed by atoms with Crippen LogP contribution < -0.4 is 4.74 Å². The molecule has 1 aromatic rings. The van der Waals surface area contributed by atoms with Gasteiger partial charge < -0.3 is 19.5 Å². The largest absolute Gasteiger partial charge is 0.494 e. The van der Waals surface area contributed by atoms with Gasteiger partial charge in [0, 0.05) is 37.6 Å². The summed E-state index contributed by atoms with van der Waals surface area (Å²) >= 11 is 0. The van der Waals surface area contributed by atoms with Crippen LogP contribution in [0.4, 0.5) is 0 Å². The SMILES string of the molecule is CC(=O)c1ccc(OCCCC(=O)N2C[C@H]3COCC[C@@]3(C(=O)O)C2)cc1. The second-order valence-electron chi connectivity index (χ2n) is 7.29. The van der Waals surface area contributed by atoms with Crippen LogP contribution in [0.2, 0.25) is 0 Å². The molecule has 0 aliphatic carbocycles. The van der Waals surface area contributed by atoms with Gasteiger partial charge in [0.15, 0.2) is 5.78 Å². The third-order valence-corrected chi connectivity index (χ3v) is 5.55. The number of carboxylic acids is 1. The summed E-state index contributed by atoms with van der Waals surface area (Å²) in [5.74, 6) is -0.350. The van der Waals surface area contributed by atoms with Crippen molar-refractivity contribution in [2.75, 3.05) is 32.9 Å². The molecule has 27 heavy (non-hydrogen) atoms. The number of carbonyl (C=O) groups is 3. The van der Waals surface area contributed by atoms with Gasteiger partial charge in [-0.2, -0.15) is 0 Å². The van der Waals surface area contributed by atoms with Crippen molar-refractivity contribution in [2.45, 2.75) is 26.2 Å². The fourth-order valence-electron chi connectivity index (χ4n) is 3.85. The maximum absolute atomic E-state index is 12.5. The van der Waals surface area contributed by atoms with E-state index < -0.39 is 11.4 Å². The first-order chi connectivity index (χ1) is 12.9. The van der Waals surface area contributed by atoms with E-state index in [0.29, 0.717) is 56.9 Å². The van der Waals surface area contributed by atoms with Gasteiger partial charge in [0.1, 0.15) is 5.75 Å². The van der Waals surface area contributed by atoms with E-state index in [9.17, 15) is 19.5 Å². The number of fused-ring (bicyclic) bond motifs is 1. The minimum Gasteiger partial charge on any atom is -0.494 e. The second-order valence-corrected chi connectivity index (χ2v) is 7.29. The van der Waals surface area contributed by atoms with Gasteiger partial charge >= 0.3 is 5.97 Å². The van der Waals surface area contributed by atoms with Crippen molar-refractivity contribution in [1.29, 1.82) is 0 Å². The molecule has 1 amide bonds.